The van der Waals surface area contributed by atoms with Crippen molar-refractivity contribution in [2.75, 3.05) is 13.1 Å². The molecule has 0 amide bonds. The lowest BCUT2D eigenvalue weighted by atomic mass is 9.92. The molecule has 6 heteroatoms. The summed E-state index contributed by atoms with van der Waals surface area (Å²) < 4.78 is 6.64. The standard InChI is InChI=1S/C18H26N4O2/c1-18(2,3)16-10-17(23)22(13-19-16)11-14-4-7-21(8-5-14)12-15-6-9-24-20-15/h6,9-10,13-14H,4-5,7-8,11-12H2,1-3H3. The van der Waals surface area contributed by atoms with E-state index in [2.05, 4.69) is 35.8 Å². The van der Waals surface area contributed by atoms with Gasteiger partial charge in [0.05, 0.1) is 17.7 Å². The maximum Gasteiger partial charge on any atom is 0.253 e. The Labute approximate surface area is 142 Å². The number of likely N-dealkylation sites (tertiary alicyclic amines) is 1. The van der Waals surface area contributed by atoms with Gasteiger partial charge in [-0.2, -0.15) is 0 Å². The van der Waals surface area contributed by atoms with E-state index in [0.717, 1.165) is 50.4 Å². The van der Waals surface area contributed by atoms with Crippen LogP contribution in [0.2, 0.25) is 0 Å². The van der Waals surface area contributed by atoms with Gasteiger partial charge in [0.2, 0.25) is 0 Å². The maximum atomic E-state index is 12.3. The van der Waals surface area contributed by atoms with E-state index in [1.165, 1.54) is 0 Å². The molecule has 0 aliphatic carbocycles. The number of nitrogens with zero attached hydrogens (tertiary/aromatic N) is 4. The fraction of sp³-hybridized carbons (Fsp3) is 0.611. The van der Waals surface area contributed by atoms with Crippen LogP contribution in [0, 0.1) is 5.92 Å². The fourth-order valence-electron chi connectivity index (χ4n) is 3.13. The second kappa shape index (κ2) is 6.89. The summed E-state index contributed by atoms with van der Waals surface area (Å²) in [6.45, 7) is 9.87. The van der Waals surface area contributed by atoms with Crippen molar-refractivity contribution in [3.8, 4) is 0 Å². The van der Waals surface area contributed by atoms with Gasteiger partial charge in [0.25, 0.3) is 5.56 Å². The van der Waals surface area contributed by atoms with Gasteiger partial charge in [0, 0.05) is 30.6 Å². The van der Waals surface area contributed by atoms with Crippen molar-refractivity contribution in [1.82, 2.24) is 19.6 Å². The number of piperidine rings is 1. The molecule has 24 heavy (non-hydrogen) atoms. The van der Waals surface area contributed by atoms with Crippen LogP contribution >= 0.6 is 0 Å². The Bertz CT molecular complexity index is 707. The van der Waals surface area contributed by atoms with Crippen LogP contribution in [0.25, 0.3) is 0 Å². The molecule has 1 aliphatic rings. The first-order valence-corrected chi connectivity index (χ1v) is 8.60. The first-order valence-electron chi connectivity index (χ1n) is 8.60. The fourth-order valence-corrected chi connectivity index (χ4v) is 3.13. The van der Waals surface area contributed by atoms with Gasteiger partial charge >= 0.3 is 0 Å². The number of aromatic nitrogens is 3. The van der Waals surface area contributed by atoms with Crippen LogP contribution in [-0.4, -0.2) is 32.7 Å². The Hall–Kier alpha value is -1.95. The van der Waals surface area contributed by atoms with Crippen LogP contribution in [-0.2, 0) is 18.5 Å². The van der Waals surface area contributed by atoms with E-state index in [0.29, 0.717) is 5.92 Å². The van der Waals surface area contributed by atoms with Gasteiger partial charge in [-0.15, -0.1) is 0 Å². The lowest BCUT2D eigenvalue weighted by Crippen LogP contribution is -2.36. The topological polar surface area (TPSA) is 64.2 Å². The highest BCUT2D eigenvalue weighted by Crippen LogP contribution is 2.21. The predicted molar refractivity (Wildman–Crippen MR) is 91.7 cm³/mol. The molecule has 3 heterocycles. The molecule has 1 saturated heterocycles. The van der Waals surface area contributed by atoms with Crippen molar-refractivity contribution in [3.05, 3.63) is 46.5 Å². The van der Waals surface area contributed by atoms with Crippen LogP contribution in [0.3, 0.4) is 0 Å². The lowest BCUT2D eigenvalue weighted by molar-refractivity contribution is 0.163. The highest BCUT2D eigenvalue weighted by molar-refractivity contribution is 5.10. The first kappa shape index (κ1) is 16.9. The first-order chi connectivity index (χ1) is 11.4. The molecule has 0 aromatic carbocycles. The normalized spacial score (nSPS) is 17.3. The second-order valence-electron chi connectivity index (χ2n) is 7.73. The van der Waals surface area contributed by atoms with Gasteiger partial charge in [-0.25, -0.2) is 4.98 Å². The molecule has 3 rings (SSSR count). The number of hydrogen-bond donors (Lipinski definition) is 0. The highest BCUT2D eigenvalue weighted by atomic mass is 16.5. The van der Waals surface area contributed by atoms with E-state index in [-0.39, 0.29) is 11.0 Å². The van der Waals surface area contributed by atoms with Gasteiger partial charge in [-0.05, 0) is 31.8 Å². The molecule has 6 nitrogen and oxygen atoms in total. The molecule has 0 atom stereocenters. The molecule has 0 saturated carbocycles. The van der Waals surface area contributed by atoms with Gasteiger partial charge in [-0.1, -0.05) is 25.9 Å². The lowest BCUT2D eigenvalue weighted by Gasteiger charge is -2.31. The van der Waals surface area contributed by atoms with Crippen molar-refractivity contribution in [2.24, 2.45) is 5.92 Å². The number of hydrogen-bond acceptors (Lipinski definition) is 5. The van der Waals surface area contributed by atoms with Crippen LogP contribution < -0.4 is 5.56 Å². The summed E-state index contributed by atoms with van der Waals surface area (Å²) in [4.78, 5) is 19.2. The molecule has 0 spiro atoms. The minimum absolute atomic E-state index is 0.0555. The van der Waals surface area contributed by atoms with Crippen LogP contribution in [0.5, 0.6) is 0 Å². The van der Waals surface area contributed by atoms with E-state index >= 15 is 0 Å². The zero-order valence-electron chi connectivity index (χ0n) is 14.7. The van der Waals surface area contributed by atoms with Crippen molar-refractivity contribution < 1.29 is 4.52 Å². The molecule has 0 unspecified atom stereocenters. The smallest absolute Gasteiger partial charge is 0.253 e. The average Bonchev–Trinajstić information content (AvgIpc) is 3.03. The summed E-state index contributed by atoms with van der Waals surface area (Å²) in [7, 11) is 0. The van der Waals surface area contributed by atoms with E-state index in [9.17, 15) is 4.79 Å². The monoisotopic (exact) mass is 330 g/mol. The van der Waals surface area contributed by atoms with Gasteiger partial charge in [0.1, 0.15) is 6.26 Å². The summed E-state index contributed by atoms with van der Waals surface area (Å²) in [5, 5.41) is 3.97. The SMILES string of the molecule is CC(C)(C)c1cc(=O)n(CC2CCN(Cc3ccon3)CC2)cn1. The maximum absolute atomic E-state index is 12.3. The summed E-state index contributed by atoms with van der Waals surface area (Å²) in [5.41, 5.74) is 1.79. The molecule has 130 valence electrons. The van der Waals surface area contributed by atoms with Crippen LogP contribution in [0.15, 0.2) is 34.0 Å². The Kier molecular flexibility index (Phi) is 4.85. The third-order valence-corrected chi connectivity index (χ3v) is 4.69. The van der Waals surface area contributed by atoms with Gasteiger partial charge in [-0.3, -0.25) is 14.3 Å². The summed E-state index contributed by atoms with van der Waals surface area (Å²) in [6.07, 6.45) is 5.50. The predicted octanol–water partition coefficient (Wildman–Crippen LogP) is 2.44. The molecule has 2 aromatic heterocycles. The van der Waals surface area contributed by atoms with Crippen molar-refractivity contribution >= 4 is 0 Å². The molecular formula is C18H26N4O2. The molecule has 1 fully saturated rings. The molecule has 0 N–H and O–H groups in total. The Morgan fingerprint density at radius 2 is 2.04 bits per heavy atom. The van der Waals surface area contributed by atoms with Crippen LogP contribution in [0.4, 0.5) is 0 Å². The highest BCUT2D eigenvalue weighted by Gasteiger charge is 2.21. The summed E-state index contributed by atoms with van der Waals surface area (Å²) in [6, 6.07) is 3.59. The van der Waals surface area contributed by atoms with Crippen molar-refractivity contribution in [1.29, 1.82) is 0 Å². The quantitative estimate of drug-likeness (QED) is 0.861. The Morgan fingerprint density at radius 1 is 1.29 bits per heavy atom. The zero-order valence-corrected chi connectivity index (χ0v) is 14.7. The Balaban J connectivity index is 1.55. The van der Waals surface area contributed by atoms with Crippen LogP contribution in [0.1, 0.15) is 45.0 Å². The van der Waals surface area contributed by atoms with E-state index in [1.54, 1.807) is 23.2 Å². The van der Waals surface area contributed by atoms with Gasteiger partial charge < -0.3 is 4.52 Å². The minimum atomic E-state index is -0.0926. The summed E-state index contributed by atoms with van der Waals surface area (Å²) >= 11 is 0. The van der Waals surface area contributed by atoms with E-state index in [1.807, 2.05) is 6.07 Å². The van der Waals surface area contributed by atoms with E-state index < -0.39 is 0 Å². The average molecular weight is 330 g/mol. The van der Waals surface area contributed by atoms with Crippen molar-refractivity contribution in [2.45, 2.75) is 52.1 Å². The molecular weight excluding hydrogens is 304 g/mol. The molecule has 0 radical (unpaired) electrons. The zero-order chi connectivity index (χ0) is 17.2. The van der Waals surface area contributed by atoms with Crippen molar-refractivity contribution in [3.63, 3.8) is 0 Å². The minimum Gasteiger partial charge on any atom is -0.364 e. The number of rotatable bonds is 4. The molecule has 1 aliphatic heterocycles. The van der Waals surface area contributed by atoms with E-state index in [4.69, 9.17) is 4.52 Å². The molecule has 0 bridgehead atoms. The van der Waals surface area contributed by atoms with Gasteiger partial charge in [0.15, 0.2) is 0 Å². The third-order valence-electron chi connectivity index (χ3n) is 4.69. The third kappa shape index (κ3) is 4.12. The second-order valence-corrected chi connectivity index (χ2v) is 7.73. The Morgan fingerprint density at radius 3 is 2.62 bits per heavy atom. The largest absolute Gasteiger partial charge is 0.364 e. The summed E-state index contributed by atoms with van der Waals surface area (Å²) in [5.74, 6) is 0.526. The molecule has 2 aromatic rings.